The fourth-order valence-corrected chi connectivity index (χ4v) is 3.48. The minimum Gasteiger partial charge on any atom is -0.497 e. The molecule has 3 aromatic rings. The smallest absolute Gasteiger partial charge is 0.248 e. The van der Waals surface area contributed by atoms with E-state index >= 15 is 0 Å². The van der Waals surface area contributed by atoms with Crippen LogP contribution in [-0.2, 0) is 4.79 Å². The van der Waals surface area contributed by atoms with Gasteiger partial charge in [-0.25, -0.2) is 9.07 Å². The van der Waals surface area contributed by atoms with Crippen molar-refractivity contribution in [2.45, 2.75) is 13.0 Å². The number of primary amides is 1. The second kappa shape index (κ2) is 7.51. The van der Waals surface area contributed by atoms with E-state index in [1.54, 1.807) is 56.2 Å². The van der Waals surface area contributed by atoms with Gasteiger partial charge in [0.2, 0.25) is 11.9 Å². The molecule has 154 valence electrons. The van der Waals surface area contributed by atoms with Gasteiger partial charge >= 0.3 is 0 Å². The van der Waals surface area contributed by atoms with Crippen LogP contribution >= 0.6 is 0 Å². The number of amides is 1. The van der Waals surface area contributed by atoms with Gasteiger partial charge in [0.05, 0.1) is 19.8 Å². The molecule has 1 aliphatic rings. The fourth-order valence-electron chi connectivity index (χ4n) is 3.48. The predicted octanol–water partition coefficient (Wildman–Crippen LogP) is 2.88. The number of halogens is 1. The molecule has 0 saturated carbocycles. The largest absolute Gasteiger partial charge is 0.497 e. The van der Waals surface area contributed by atoms with Crippen molar-refractivity contribution in [3.05, 3.63) is 65.1 Å². The highest BCUT2D eigenvalue weighted by molar-refractivity contribution is 5.95. The third kappa shape index (κ3) is 3.34. The first kappa shape index (κ1) is 19.4. The molecule has 0 unspecified atom stereocenters. The summed E-state index contributed by atoms with van der Waals surface area (Å²) in [5.41, 5.74) is 7.88. The molecule has 0 saturated heterocycles. The molecule has 0 fully saturated rings. The van der Waals surface area contributed by atoms with Gasteiger partial charge < -0.3 is 20.5 Å². The number of carbonyl (C=O) groups is 1. The predicted molar refractivity (Wildman–Crippen MR) is 109 cm³/mol. The zero-order valence-corrected chi connectivity index (χ0v) is 16.6. The Morgan fingerprint density at radius 1 is 1.13 bits per heavy atom. The number of allylic oxidation sites excluding steroid dienone is 1. The van der Waals surface area contributed by atoms with Crippen LogP contribution in [0.4, 0.5) is 10.3 Å². The lowest BCUT2D eigenvalue weighted by Gasteiger charge is -2.27. The number of anilines is 1. The van der Waals surface area contributed by atoms with E-state index in [-0.39, 0.29) is 5.82 Å². The van der Waals surface area contributed by atoms with Gasteiger partial charge in [0.25, 0.3) is 0 Å². The van der Waals surface area contributed by atoms with E-state index in [2.05, 4.69) is 15.4 Å². The summed E-state index contributed by atoms with van der Waals surface area (Å²) in [6.07, 6.45) is 0. The van der Waals surface area contributed by atoms with Crippen LogP contribution in [0.3, 0.4) is 0 Å². The van der Waals surface area contributed by atoms with Crippen molar-refractivity contribution >= 4 is 11.9 Å². The topological polar surface area (TPSA) is 104 Å². The van der Waals surface area contributed by atoms with Crippen LogP contribution in [0.5, 0.6) is 11.5 Å². The summed E-state index contributed by atoms with van der Waals surface area (Å²) in [7, 11) is 3.12. The maximum absolute atomic E-state index is 13.5. The van der Waals surface area contributed by atoms with Gasteiger partial charge in [-0.1, -0.05) is 12.1 Å². The molecule has 9 heteroatoms. The summed E-state index contributed by atoms with van der Waals surface area (Å²) in [6.45, 7) is 1.74. The number of nitrogens with one attached hydrogen (secondary N) is 1. The van der Waals surface area contributed by atoms with Crippen molar-refractivity contribution in [3.63, 3.8) is 0 Å². The van der Waals surface area contributed by atoms with Crippen LogP contribution in [0.25, 0.3) is 11.4 Å². The van der Waals surface area contributed by atoms with Crippen LogP contribution in [0, 0.1) is 5.82 Å². The van der Waals surface area contributed by atoms with Gasteiger partial charge in [-0.15, -0.1) is 5.10 Å². The maximum Gasteiger partial charge on any atom is 0.248 e. The van der Waals surface area contributed by atoms with Crippen LogP contribution in [0.2, 0.25) is 0 Å². The molecule has 4 rings (SSSR count). The van der Waals surface area contributed by atoms with Crippen molar-refractivity contribution in [1.29, 1.82) is 0 Å². The highest BCUT2D eigenvalue weighted by Gasteiger charge is 2.33. The SMILES string of the molecule is COc1cc(OC)cc(-c2nc3n(n2)[C@@H](c2ccc(F)cc2)C(C(N)=O)=C(C)N3)c1. The molecule has 0 aliphatic carbocycles. The molecule has 2 heterocycles. The van der Waals surface area contributed by atoms with Crippen molar-refractivity contribution in [2.24, 2.45) is 5.73 Å². The average Bonchev–Trinajstić information content (AvgIpc) is 3.16. The molecule has 1 amide bonds. The first-order valence-corrected chi connectivity index (χ1v) is 9.14. The lowest BCUT2D eigenvalue weighted by atomic mass is 9.95. The van der Waals surface area contributed by atoms with Crippen molar-refractivity contribution < 1.29 is 18.7 Å². The van der Waals surface area contributed by atoms with Crippen LogP contribution in [0.1, 0.15) is 18.5 Å². The summed E-state index contributed by atoms with van der Waals surface area (Å²) in [5, 5.41) is 7.70. The number of methoxy groups -OCH3 is 2. The molecule has 0 bridgehead atoms. The lowest BCUT2D eigenvalue weighted by Crippen LogP contribution is -2.31. The average molecular weight is 409 g/mol. The van der Waals surface area contributed by atoms with Crippen molar-refractivity contribution in [3.8, 4) is 22.9 Å². The number of nitrogens with zero attached hydrogens (tertiary/aromatic N) is 3. The zero-order chi connectivity index (χ0) is 21.4. The Morgan fingerprint density at radius 3 is 2.33 bits per heavy atom. The summed E-state index contributed by atoms with van der Waals surface area (Å²) >= 11 is 0. The number of ether oxygens (including phenoxy) is 2. The summed E-state index contributed by atoms with van der Waals surface area (Å²) in [5.74, 6) is 1.04. The van der Waals surface area contributed by atoms with Crippen molar-refractivity contribution in [2.75, 3.05) is 19.5 Å². The Kier molecular flexibility index (Phi) is 4.86. The van der Waals surface area contributed by atoms with Gasteiger partial charge in [0, 0.05) is 17.3 Å². The quantitative estimate of drug-likeness (QED) is 0.672. The molecular formula is C21H20FN5O3. The second-order valence-corrected chi connectivity index (χ2v) is 6.79. The Morgan fingerprint density at radius 2 is 1.77 bits per heavy atom. The van der Waals surface area contributed by atoms with E-state index in [0.717, 1.165) is 0 Å². The Bertz CT molecular complexity index is 1130. The van der Waals surface area contributed by atoms with Gasteiger partial charge in [0.1, 0.15) is 23.4 Å². The third-order valence-electron chi connectivity index (χ3n) is 4.91. The molecule has 8 nitrogen and oxygen atoms in total. The Balaban J connectivity index is 1.87. The lowest BCUT2D eigenvalue weighted by molar-refractivity contribution is -0.115. The van der Waals surface area contributed by atoms with Gasteiger partial charge in [0.15, 0.2) is 5.82 Å². The Labute approximate surface area is 172 Å². The highest BCUT2D eigenvalue weighted by Crippen LogP contribution is 2.37. The van der Waals surface area contributed by atoms with E-state index < -0.39 is 11.9 Å². The van der Waals surface area contributed by atoms with Gasteiger partial charge in [-0.2, -0.15) is 4.98 Å². The number of hydrogen-bond acceptors (Lipinski definition) is 6. The second-order valence-electron chi connectivity index (χ2n) is 6.79. The minimum atomic E-state index is -0.645. The molecule has 1 aliphatic heterocycles. The number of benzene rings is 2. The van der Waals surface area contributed by atoms with Gasteiger partial charge in [-0.05, 0) is 36.8 Å². The molecule has 0 spiro atoms. The monoisotopic (exact) mass is 409 g/mol. The van der Waals surface area contributed by atoms with E-state index in [9.17, 15) is 9.18 Å². The molecule has 3 N–H and O–H groups in total. The van der Waals surface area contributed by atoms with E-state index in [0.29, 0.717) is 45.7 Å². The molecule has 2 aromatic carbocycles. The number of rotatable bonds is 5. The number of carbonyl (C=O) groups excluding carboxylic acids is 1. The maximum atomic E-state index is 13.5. The summed E-state index contributed by atoms with van der Waals surface area (Å²) in [6, 6.07) is 10.5. The Hall–Kier alpha value is -3.88. The normalized spacial score (nSPS) is 15.4. The number of nitrogens with two attached hydrogens (primary N) is 1. The minimum absolute atomic E-state index is 0.328. The summed E-state index contributed by atoms with van der Waals surface area (Å²) in [4.78, 5) is 16.8. The van der Waals surface area contributed by atoms with E-state index in [1.165, 1.54) is 12.1 Å². The van der Waals surface area contributed by atoms with Gasteiger partial charge in [-0.3, -0.25) is 4.79 Å². The molecular weight excluding hydrogens is 389 g/mol. The summed E-state index contributed by atoms with van der Waals surface area (Å²) < 4.78 is 25.7. The molecule has 1 atom stereocenters. The first-order valence-electron chi connectivity index (χ1n) is 9.14. The van der Waals surface area contributed by atoms with Crippen LogP contribution < -0.4 is 20.5 Å². The molecule has 0 radical (unpaired) electrons. The third-order valence-corrected chi connectivity index (χ3v) is 4.91. The highest BCUT2D eigenvalue weighted by atomic mass is 19.1. The van der Waals surface area contributed by atoms with Crippen molar-refractivity contribution in [1.82, 2.24) is 14.8 Å². The standard InChI is InChI=1S/C21H20FN5O3/c1-11-17(19(23)28)18(12-4-6-14(22)7-5-12)27-21(24-11)25-20(26-27)13-8-15(29-2)10-16(9-13)30-3/h4-10,18H,1-3H3,(H2,23,28)(H,24,25,26)/t18-/m0/s1. The van der Waals surface area contributed by atoms with E-state index in [4.69, 9.17) is 15.2 Å². The number of aromatic nitrogens is 3. The number of fused-ring (bicyclic) bond motifs is 1. The fraction of sp³-hybridized carbons (Fsp3) is 0.190. The van der Waals surface area contributed by atoms with Crippen LogP contribution in [0.15, 0.2) is 53.7 Å². The number of hydrogen-bond donors (Lipinski definition) is 2. The molecule has 1 aromatic heterocycles. The van der Waals surface area contributed by atoms with E-state index in [1.807, 2.05) is 0 Å². The first-order chi connectivity index (χ1) is 14.4. The zero-order valence-electron chi connectivity index (χ0n) is 16.6. The molecule has 30 heavy (non-hydrogen) atoms. The van der Waals surface area contributed by atoms with Crippen LogP contribution in [-0.4, -0.2) is 34.9 Å².